The van der Waals surface area contributed by atoms with Gasteiger partial charge in [-0.05, 0) is 12.3 Å². The summed E-state index contributed by atoms with van der Waals surface area (Å²) in [5.41, 5.74) is 5.21. The number of aromatic nitrogens is 2. The minimum atomic E-state index is -1.32. The van der Waals surface area contributed by atoms with E-state index < -0.39 is 12.1 Å². The minimum Gasteiger partial charge on any atom is -0.463 e. The van der Waals surface area contributed by atoms with E-state index in [1.807, 2.05) is 20.8 Å². The van der Waals surface area contributed by atoms with Crippen LogP contribution in [0, 0.1) is 5.41 Å². The summed E-state index contributed by atoms with van der Waals surface area (Å²) in [4.78, 5) is 22.5. The van der Waals surface area contributed by atoms with Gasteiger partial charge in [0.15, 0.2) is 5.82 Å². The van der Waals surface area contributed by atoms with E-state index in [1.54, 1.807) is 6.92 Å². The smallest absolute Gasteiger partial charge is 0.432 e. The summed E-state index contributed by atoms with van der Waals surface area (Å²) in [5, 5.41) is 12.2. The highest BCUT2D eigenvalue weighted by atomic mass is 16.5. The highest BCUT2D eigenvalue weighted by molar-refractivity contribution is 5.94. The number of esters is 1. The van der Waals surface area contributed by atoms with Gasteiger partial charge in [0.2, 0.25) is 0 Å². The van der Waals surface area contributed by atoms with Crippen molar-refractivity contribution in [2.75, 3.05) is 5.73 Å². The Morgan fingerprint density at radius 2 is 2.06 bits per heavy atom. The molecule has 0 saturated heterocycles. The van der Waals surface area contributed by atoms with Crippen molar-refractivity contribution in [1.82, 2.24) is 9.78 Å². The number of hydrogen-bond acceptors (Lipinski definition) is 5. The summed E-state index contributed by atoms with van der Waals surface area (Å²) in [6, 6.07) is 0. The van der Waals surface area contributed by atoms with Gasteiger partial charge in [-0.25, -0.2) is 9.59 Å². The number of hydrogen-bond donors (Lipinski definition) is 2. The third-order valence-electron chi connectivity index (χ3n) is 2.66. The van der Waals surface area contributed by atoms with E-state index in [0.29, 0.717) is 4.68 Å². The summed E-state index contributed by atoms with van der Waals surface area (Å²) in [6.45, 7) is 7.54. The van der Waals surface area contributed by atoms with Gasteiger partial charge in [0.05, 0.1) is 6.20 Å². The summed E-state index contributed by atoms with van der Waals surface area (Å²) < 4.78 is 5.79. The van der Waals surface area contributed by atoms with Crippen molar-refractivity contribution in [2.24, 2.45) is 5.41 Å². The van der Waals surface area contributed by atoms with Crippen molar-refractivity contribution in [1.29, 1.82) is 0 Å². The predicted molar refractivity (Wildman–Crippen MR) is 64.4 cm³/mol. The first-order chi connectivity index (χ1) is 8.12. The van der Waals surface area contributed by atoms with Gasteiger partial charge in [-0.15, -0.1) is 5.10 Å². The van der Waals surface area contributed by atoms with Crippen LogP contribution in [-0.2, 0) is 4.74 Å². The fourth-order valence-electron chi connectivity index (χ4n) is 1.04. The van der Waals surface area contributed by atoms with Crippen molar-refractivity contribution in [3.63, 3.8) is 0 Å². The lowest BCUT2D eigenvalue weighted by atomic mass is 9.90. The van der Waals surface area contributed by atoms with E-state index in [9.17, 15) is 9.59 Å². The van der Waals surface area contributed by atoms with E-state index in [-0.39, 0.29) is 22.9 Å². The quantitative estimate of drug-likeness (QED) is 0.777. The zero-order valence-corrected chi connectivity index (χ0v) is 10.8. The van der Waals surface area contributed by atoms with Crippen LogP contribution in [0.3, 0.4) is 0 Å². The van der Waals surface area contributed by atoms with Gasteiger partial charge in [0, 0.05) is 0 Å². The zero-order valence-electron chi connectivity index (χ0n) is 10.8. The first kappa shape index (κ1) is 14.0. The van der Waals surface area contributed by atoms with Crippen LogP contribution in [0.2, 0.25) is 0 Å². The average Bonchev–Trinajstić information content (AvgIpc) is 2.58. The summed E-state index contributed by atoms with van der Waals surface area (Å²) >= 11 is 0. The maximum atomic E-state index is 11.8. The molecule has 7 heteroatoms. The van der Waals surface area contributed by atoms with Crippen molar-refractivity contribution >= 4 is 17.9 Å². The van der Waals surface area contributed by atoms with Gasteiger partial charge in [-0.3, -0.25) is 0 Å². The monoisotopic (exact) mass is 255 g/mol. The second-order valence-electron chi connectivity index (χ2n) is 5.07. The fraction of sp³-hybridized carbons (Fsp3) is 0.545. The van der Waals surface area contributed by atoms with E-state index in [4.69, 9.17) is 15.6 Å². The first-order valence-corrected chi connectivity index (χ1v) is 5.42. The van der Waals surface area contributed by atoms with E-state index in [1.165, 1.54) is 0 Å². The molecule has 0 aliphatic carbocycles. The molecule has 3 N–H and O–H groups in total. The molecule has 7 nitrogen and oxygen atoms in total. The van der Waals surface area contributed by atoms with Crippen LogP contribution in [0.4, 0.5) is 10.6 Å². The molecule has 0 spiro atoms. The lowest BCUT2D eigenvalue weighted by Gasteiger charge is -2.26. The molecule has 0 saturated carbocycles. The lowest BCUT2D eigenvalue weighted by molar-refractivity contribution is 0.00491. The van der Waals surface area contributed by atoms with Crippen LogP contribution < -0.4 is 5.73 Å². The summed E-state index contributed by atoms with van der Waals surface area (Å²) in [7, 11) is 0. The molecule has 0 radical (unpaired) electrons. The Morgan fingerprint density at radius 3 is 2.44 bits per heavy atom. The second kappa shape index (κ2) is 4.67. The fourth-order valence-corrected chi connectivity index (χ4v) is 1.04. The number of nitrogens with zero attached hydrogens (tertiary/aromatic N) is 2. The van der Waals surface area contributed by atoms with Crippen LogP contribution in [0.1, 0.15) is 38.1 Å². The number of carbonyl (C=O) groups is 2. The van der Waals surface area contributed by atoms with Crippen molar-refractivity contribution < 1.29 is 19.4 Å². The molecule has 100 valence electrons. The minimum absolute atomic E-state index is 0.0477. The molecule has 0 aromatic carbocycles. The Kier molecular flexibility index (Phi) is 3.64. The molecule has 0 fully saturated rings. The molecule has 0 amide bonds. The van der Waals surface area contributed by atoms with E-state index >= 15 is 0 Å². The topological polar surface area (TPSA) is 107 Å². The van der Waals surface area contributed by atoms with Crippen LogP contribution in [0.5, 0.6) is 0 Å². The van der Waals surface area contributed by atoms with Crippen LogP contribution in [0.25, 0.3) is 0 Å². The molecule has 1 atom stereocenters. The molecule has 0 aliphatic heterocycles. The lowest BCUT2D eigenvalue weighted by Crippen LogP contribution is -2.28. The molecule has 1 aromatic heterocycles. The van der Waals surface area contributed by atoms with Gasteiger partial charge in [0.1, 0.15) is 11.7 Å². The molecule has 1 heterocycles. The molecule has 1 aromatic rings. The van der Waals surface area contributed by atoms with Crippen LogP contribution in [-0.4, -0.2) is 33.1 Å². The van der Waals surface area contributed by atoms with E-state index in [0.717, 1.165) is 6.20 Å². The number of anilines is 1. The van der Waals surface area contributed by atoms with Crippen molar-refractivity contribution in [2.45, 2.75) is 33.8 Å². The van der Waals surface area contributed by atoms with Crippen LogP contribution >= 0.6 is 0 Å². The summed E-state index contributed by atoms with van der Waals surface area (Å²) in [6.07, 6.45) is -0.614. The normalized spacial score (nSPS) is 13.1. The zero-order chi connectivity index (χ0) is 14.1. The highest BCUT2D eigenvalue weighted by Crippen LogP contribution is 2.23. The Balaban J connectivity index is 2.88. The number of carboxylic acid groups (broad SMARTS) is 1. The molecule has 0 bridgehead atoms. The SMILES string of the molecule is CC(OC(=O)c1cn(C(=O)O)nc1N)C(C)(C)C. The average molecular weight is 255 g/mol. The van der Waals surface area contributed by atoms with E-state index in [2.05, 4.69) is 5.10 Å². The molecule has 1 unspecified atom stereocenters. The number of carbonyl (C=O) groups excluding carboxylic acids is 1. The van der Waals surface area contributed by atoms with Gasteiger partial charge >= 0.3 is 12.1 Å². The first-order valence-electron chi connectivity index (χ1n) is 5.42. The second-order valence-corrected chi connectivity index (χ2v) is 5.07. The third-order valence-corrected chi connectivity index (χ3v) is 2.66. The highest BCUT2D eigenvalue weighted by Gasteiger charge is 2.26. The summed E-state index contributed by atoms with van der Waals surface area (Å²) in [5.74, 6) is -0.842. The van der Waals surface area contributed by atoms with Gasteiger partial charge in [-0.2, -0.15) is 4.68 Å². The molecular weight excluding hydrogens is 238 g/mol. The number of nitrogens with two attached hydrogens (primary N) is 1. The molecular formula is C11H17N3O4. The molecule has 1 rings (SSSR count). The maximum Gasteiger partial charge on any atom is 0.432 e. The van der Waals surface area contributed by atoms with Crippen molar-refractivity contribution in [3.8, 4) is 0 Å². The number of nitrogen functional groups attached to an aromatic ring is 1. The standard InChI is InChI=1S/C11H17N3O4/c1-6(11(2,3)4)18-9(15)7-5-14(10(16)17)13-8(7)12/h5-6H,1-4H3,(H2,12,13)(H,16,17). The Morgan fingerprint density at radius 1 is 1.50 bits per heavy atom. The Labute approximate surface area is 105 Å². The van der Waals surface area contributed by atoms with Gasteiger partial charge in [-0.1, -0.05) is 20.8 Å². The Hall–Kier alpha value is -2.05. The molecule has 18 heavy (non-hydrogen) atoms. The predicted octanol–water partition coefficient (Wildman–Crippen LogP) is 1.58. The number of rotatable bonds is 2. The van der Waals surface area contributed by atoms with Crippen molar-refractivity contribution in [3.05, 3.63) is 11.8 Å². The Bertz CT molecular complexity index is 473. The van der Waals surface area contributed by atoms with Gasteiger partial charge < -0.3 is 15.6 Å². The largest absolute Gasteiger partial charge is 0.463 e. The third kappa shape index (κ3) is 2.99. The van der Waals surface area contributed by atoms with Gasteiger partial charge in [0.25, 0.3) is 0 Å². The van der Waals surface area contributed by atoms with Crippen LogP contribution in [0.15, 0.2) is 6.20 Å². The molecule has 0 aliphatic rings. The maximum absolute atomic E-state index is 11.8. The number of ether oxygens (including phenoxy) is 1.